The molecule has 0 heterocycles. The standard InChI is InChI=1S/C3H12O12P4/c4-16(5,6)2-1-3(17(7,8)9,18(10,11)12)19(13,14)15/h1-2H2,(H2,4,5,6)(H2,7,8,9)(H2,10,11,12)(H2,13,14,15). The highest BCUT2D eigenvalue weighted by molar-refractivity contribution is 7.88. The Bertz CT molecular complexity index is 456. The summed E-state index contributed by atoms with van der Waals surface area (Å²) in [6.45, 7) is 0. The van der Waals surface area contributed by atoms with Gasteiger partial charge in [0.15, 0.2) is 0 Å². The van der Waals surface area contributed by atoms with Crippen molar-refractivity contribution in [3.63, 3.8) is 0 Å². The van der Waals surface area contributed by atoms with Crippen molar-refractivity contribution in [2.45, 2.75) is 11.1 Å². The molecule has 0 bridgehead atoms. The smallest absolute Gasteiger partial charge is 0.324 e. The summed E-state index contributed by atoms with van der Waals surface area (Å²) in [5, 5.41) is 0. The summed E-state index contributed by atoms with van der Waals surface area (Å²) in [4.78, 5) is 70.3. The Hall–Kier alpha value is 0.600. The Morgan fingerprint density at radius 3 is 1.05 bits per heavy atom. The van der Waals surface area contributed by atoms with Crippen LogP contribution in [0.5, 0.6) is 0 Å². The van der Waals surface area contributed by atoms with E-state index in [1.165, 1.54) is 0 Å². The summed E-state index contributed by atoms with van der Waals surface area (Å²) in [5.74, 6) is 0. The first-order valence-corrected chi connectivity index (χ1v) is 10.8. The summed E-state index contributed by atoms with van der Waals surface area (Å²) in [7, 11) is -23.3. The van der Waals surface area contributed by atoms with E-state index in [9.17, 15) is 18.3 Å². The van der Waals surface area contributed by atoms with Gasteiger partial charge in [0.25, 0.3) is 4.64 Å². The lowest BCUT2D eigenvalue weighted by molar-refractivity contribution is 0.297. The van der Waals surface area contributed by atoms with Crippen LogP contribution in [0, 0.1) is 0 Å². The first kappa shape index (κ1) is 19.6. The van der Waals surface area contributed by atoms with Crippen molar-refractivity contribution in [3.05, 3.63) is 0 Å². The minimum atomic E-state index is -6.11. The highest BCUT2D eigenvalue weighted by Crippen LogP contribution is 2.84. The van der Waals surface area contributed by atoms with E-state index in [0.717, 1.165) is 0 Å². The van der Waals surface area contributed by atoms with Crippen LogP contribution >= 0.6 is 30.4 Å². The van der Waals surface area contributed by atoms with Crippen molar-refractivity contribution in [3.8, 4) is 0 Å². The average molecular weight is 364 g/mol. The van der Waals surface area contributed by atoms with E-state index < -0.39 is 47.6 Å². The zero-order valence-electron chi connectivity index (χ0n) is 8.91. The molecular weight excluding hydrogens is 352 g/mol. The fourth-order valence-electron chi connectivity index (χ4n) is 1.24. The van der Waals surface area contributed by atoms with Crippen molar-refractivity contribution in [2.75, 3.05) is 6.16 Å². The third-order valence-electron chi connectivity index (χ3n) is 2.14. The molecule has 0 saturated heterocycles. The number of hydrogen-bond donors (Lipinski definition) is 8. The van der Waals surface area contributed by atoms with Crippen LogP contribution < -0.4 is 0 Å². The molecular formula is C3H12O12P4. The van der Waals surface area contributed by atoms with Gasteiger partial charge in [-0.05, 0) is 6.42 Å². The molecule has 0 amide bonds. The Morgan fingerprint density at radius 1 is 0.632 bits per heavy atom. The summed E-state index contributed by atoms with van der Waals surface area (Å²) in [5.41, 5.74) is 0. The highest BCUT2D eigenvalue weighted by Gasteiger charge is 2.71. The quantitative estimate of drug-likeness (QED) is 0.258. The first-order valence-electron chi connectivity index (χ1n) is 4.17. The van der Waals surface area contributed by atoms with Crippen LogP contribution in [0.15, 0.2) is 0 Å². The molecule has 116 valence electrons. The number of rotatable bonds is 6. The average Bonchev–Trinajstić information content (AvgIpc) is 1.92. The second-order valence-electron chi connectivity index (χ2n) is 3.54. The van der Waals surface area contributed by atoms with Crippen LogP contribution in [-0.4, -0.2) is 49.9 Å². The molecule has 0 rings (SSSR count). The monoisotopic (exact) mass is 364 g/mol. The third-order valence-corrected chi connectivity index (χ3v) is 11.1. The summed E-state index contributed by atoms with van der Waals surface area (Å²) >= 11 is 0. The van der Waals surface area contributed by atoms with Crippen molar-refractivity contribution in [1.82, 2.24) is 0 Å². The van der Waals surface area contributed by atoms with Crippen molar-refractivity contribution in [2.24, 2.45) is 0 Å². The summed E-state index contributed by atoms with van der Waals surface area (Å²) < 4.78 is 39.8. The maximum absolute atomic E-state index is 11.1. The molecule has 0 aliphatic rings. The van der Waals surface area contributed by atoms with Crippen molar-refractivity contribution >= 4 is 30.4 Å². The fourth-order valence-corrected chi connectivity index (χ4v) is 7.68. The van der Waals surface area contributed by atoms with Crippen LogP contribution in [0.25, 0.3) is 0 Å². The van der Waals surface area contributed by atoms with Gasteiger partial charge < -0.3 is 39.1 Å². The fraction of sp³-hybridized carbons (Fsp3) is 1.00. The maximum atomic E-state index is 11.1. The maximum Gasteiger partial charge on any atom is 0.356 e. The predicted octanol–water partition coefficient (Wildman–Crippen LogP) is -1.26. The SMILES string of the molecule is O=P(O)(O)CCC(P(=O)(O)O)(P(=O)(O)O)P(=O)(O)O. The largest absolute Gasteiger partial charge is 0.356 e. The summed E-state index contributed by atoms with van der Waals surface area (Å²) in [6.07, 6.45) is -3.27. The van der Waals surface area contributed by atoms with Crippen LogP contribution in [0.3, 0.4) is 0 Å². The molecule has 8 N–H and O–H groups in total. The van der Waals surface area contributed by atoms with Gasteiger partial charge in [0.05, 0.1) is 6.16 Å². The third kappa shape index (κ3) is 4.28. The second kappa shape index (κ2) is 5.42. The molecule has 0 saturated carbocycles. The molecule has 0 aromatic rings. The highest BCUT2D eigenvalue weighted by atomic mass is 31.3. The van der Waals surface area contributed by atoms with Gasteiger partial charge in [-0.15, -0.1) is 0 Å². The van der Waals surface area contributed by atoms with Gasteiger partial charge in [0.2, 0.25) is 0 Å². The molecule has 0 aliphatic heterocycles. The first-order chi connectivity index (χ1) is 7.96. The van der Waals surface area contributed by atoms with Gasteiger partial charge in [-0.3, -0.25) is 18.3 Å². The Morgan fingerprint density at radius 2 is 0.895 bits per heavy atom. The molecule has 12 nitrogen and oxygen atoms in total. The molecule has 0 spiro atoms. The van der Waals surface area contributed by atoms with Gasteiger partial charge in [0.1, 0.15) is 0 Å². The van der Waals surface area contributed by atoms with Gasteiger partial charge in [-0.1, -0.05) is 0 Å². The molecule has 0 aromatic carbocycles. The number of hydrogen-bond acceptors (Lipinski definition) is 4. The van der Waals surface area contributed by atoms with Gasteiger partial charge >= 0.3 is 30.4 Å². The zero-order valence-corrected chi connectivity index (χ0v) is 12.5. The van der Waals surface area contributed by atoms with Crippen LogP contribution in [0.1, 0.15) is 6.42 Å². The van der Waals surface area contributed by atoms with E-state index in [0.29, 0.717) is 0 Å². The predicted molar refractivity (Wildman–Crippen MR) is 60.4 cm³/mol. The lowest BCUT2D eigenvalue weighted by Gasteiger charge is -2.34. The van der Waals surface area contributed by atoms with E-state index in [1.54, 1.807) is 0 Å². The molecule has 0 unspecified atom stereocenters. The molecule has 19 heavy (non-hydrogen) atoms. The van der Waals surface area contributed by atoms with Gasteiger partial charge in [-0.2, -0.15) is 0 Å². The zero-order chi connectivity index (χ0) is 15.9. The normalized spacial score (nSPS) is 15.6. The Labute approximate surface area is 106 Å². The topological polar surface area (TPSA) is 230 Å². The van der Waals surface area contributed by atoms with Crippen LogP contribution in [-0.2, 0) is 18.3 Å². The molecule has 0 aliphatic carbocycles. The molecule has 0 atom stereocenters. The molecule has 0 fully saturated rings. The van der Waals surface area contributed by atoms with E-state index in [-0.39, 0.29) is 0 Å². The van der Waals surface area contributed by atoms with E-state index in [2.05, 4.69) is 0 Å². The van der Waals surface area contributed by atoms with Crippen LogP contribution in [0.2, 0.25) is 0 Å². The van der Waals surface area contributed by atoms with Crippen molar-refractivity contribution in [1.29, 1.82) is 0 Å². The molecule has 16 heteroatoms. The Balaban J connectivity index is 6.14. The van der Waals surface area contributed by atoms with E-state index >= 15 is 0 Å². The summed E-state index contributed by atoms with van der Waals surface area (Å²) in [6, 6.07) is 0. The Kier molecular flexibility index (Phi) is 5.59. The van der Waals surface area contributed by atoms with Crippen molar-refractivity contribution < 1.29 is 57.4 Å². The van der Waals surface area contributed by atoms with Crippen LogP contribution in [0.4, 0.5) is 0 Å². The van der Waals surface area contributed by atoms with Gasteiger partial charge in [-0.25, -0.2) is 0 Å². The minimum Gasteiger partial charge on any atom is -0.324 e. The van der Waals surface area contributed by atoms with E-state index in [1.807, 2.05) is 0 Å². The van der Waals surface area contributed by atoms with E-state index in [4.69, 9.17) is 39.1 Å². The lowest BCUT2D eigenvalue weighted by atomic mass is 10.5. The van der Waals surface area contributed by atoms with Gasteiger partial charge in [0, 0.05) is 0 Å². The molecule has 0 radical (unpaired) electrons. The molecule has 0 aromatic heterocycles. The second-order valence-corrected chi connectivity index (χ2v) is 11.9. The minimum absolute atomic E-state index is 1.52. The lowest BCUT2D eigenvalue weighted by Crippen LogP contribution is -2.30.